The molecule has 0 spiro atoms. The third-order valence-electron chi connectivity index (χ3n) is 3.47. The monoisotopic (exact) mass is 341 g/mol. The quantitative estimate of drug-likeness (QED) is 0.382. The lowest BCUT2D eigenvalue weighted by atomic mass is 10.1. The van der Waals surface area contributed by atoms with Crippen molar-refractivity contribution in [1.29, 1.82) is 0 Å². The summed E-state index contributed by atoms with van der Waals surface area (Å²) < 4.78 is 6.67. The molecule has 1 heterocycles. The number of halogens is 1. The first-order valence-electron chi connectivity index (χ1n) is 6.79. The van der Waals surface area contributed by atoms with Gasteiger partial charge in [0.1, 0.15) is 0 Å². The summed E-state index contributed by atoms with van der Waals surface area (Å²) in [5.74, 6) is 0.114. The van der Waals surface area contributed by atoms with Crippen LogP contribution in [0.3, 0.4) is 0 Å². The summed E-state index contributed by atoms with van der Waals surface area (Å²) in [7, 11) is 0. The second-order valence-electron chi connectivity index (χ2n) is 4.82. The van der Waals surface area contributed by atoms with Gasteiger partial charge in [-0.3, -0.25) is 0 Å². The molecule has 1 aliphatic heterocycles. The predicted molar refractivity (Wildman–Crippen MR) is 83.5 cm³/mol. The van der Waals surface area contributed by atoms with Crippen molar-refractivity contribution < 1.29 is 9.94 Å². The van der Waals surface area contributed by atoms with E-state index in [1.54, 1.807) is 0 Å². The minimum Gasteiger partial charge on any atom is -0.409 e. The molecule has 1 fully saturated rings. The van der Waals surface area contributed by atoms with E-state index in [1.807, 2.05) is 25.1 Å². The van der Waals surface area contributed by atoms with Crippen LogP contribution in [0.25, 0.3) is 0 Å². The predicted octanol–water partition coefficient (Wildman–Crippen LogP) is 2.55. The molecular formula is C14H20BrN3O2. The second kappa shape index (κ2) is 6.95. The van der Waals surface area contributed by atoms with Crippen LogP contribution in [0.1, 0.15) is 25.3 Å². The summed E-state index contributed by atoms with van der Waals surface area (Å²) in [4.78, 5) is 2.31. The van der Waals surface area contributed by atoms with Crippen LogP contribution in [-0.2, 0) is 4.74 Å². The lowest BCUT2D eigenvalue weighted by Gasteiger charge is -2.34. The Hall–Kier alpha value is -1.27. The number of rotatable bonds is 4. The average molecular weight is 342 g/mol. The smallest absolute Gasteiger partial charge is 0.170 e. The molecule has 3 N–H and O–H groups in total. The highest BCUT2D eigenvalue weighted by Gasteiger charge is 2.21. The fourth-order valence-electron chi connectivity index (χ4n) is 2.51. The Bertz CT molecular complexity index is 491. The van der Waals surface area contributed by atoms with Crippen LogP contribution in [0.2, 0.25) is 0 Å². The first-order chi connectivity index (χ1) is 9.65. The van der Waals surface area contributed by atoms with Gasteiger partial charge in [-0.05, 0) is 53.9 Å². The number of benzene rings is 1. The molecule has 1 aromatic rings. The van der Waals surface area contributed by atoms with Crippen LogP contribution in [0.15, 0.2) is 27.8 Å². The molecule has 1 atom stereocenters. The Labute approximate surface area is 127 Å². The van der Waals surface area contributed by atoms with Crippen molar-refractivity contribution in [2.75, 3.05) is 24.6 Å². The molecule has 20 heavy (non-hydrogen) atoms. The van der Waals surface area contributed by atoms with Crippen LogP contribution >= 0.6 is 15.9 Å². The van der Waals surface area contributed by atoms with E-state index in [1.165, 1.54) is 0 Å². The van der Waals surface area contributed by atoms with Crippen LogP contribution in [0.5, 0.6) is 0 Å². The van der Waals surface area contributed by atoms with Gasteiger partial charge in [0.25, 0.3) is 0 Å². The zero-order chi connectivity index (χ0) is 14.5. The number of hydrogen-bond donors (Lipinski definition) is 2. The lowest BCUT2D eigenvalue weighted by Crippen LogP contribution is -2.39. The minimum absolute atomic E-state index is 0.114. The van der Waals surface area contributed by atoms with E-state index in [9.17, 15) is 0 Å². The molecular weight excluding hydrogens is 322 g/mol. The third-order valence-corrected chi connectivity index (χ3v) is 4.11. The summed E-state index contributed by atoms with van der Waals surface area (Å²) in [6, 6.07) is 5.72. The van der Waals surface area contributed by atoms with Gasteiger partial charge in [0.15, 0.2) is 5.84 Å². The number of nitrogens with zero attached hydrogens (tertiary/aromatic N) is 2. The number of oxime groups is 1. The lowest BCUT2D eigenvalue weighted by molar-refractivity contribution is 0.0526. The topological polar surface area (TPSA) is 71.1 Å². The maximum atomic E-state index is 8.71. The van der Waals surface area contributed by atoms with Gasteiger partial charge in [-0.15, -0.1) is 0 Å². The van der Waals surface area contributed by atoms with Crippen molar-refractivity contribution in [3.63, 3.8) is 0 Å². The Morgan fingerprint density at radius 1 is 1.60 bits per heavy atom. The van der Waals surface area contributed by atoms with Gasteiger partial charge >= 0.3 is 0 Å². The molecule has 0 radical (unpaired) electrons. The summed E-state index contributed by atoms with van der Waals surface area (Å²) in [6.07, 6.45) is 2.54. The highest BCUT2D eigenvalue weighted by Crippen LogP contribution is 2.30. The summed E-state index contributed by atoms with van der Waals surface area (Å²) >= 11 is 3.56. The molecule has 110 valence electrons. The van der Waals surface area contributed by atoms with E-state index < -0.39 is 0 Å². The van der Waals surface area contributed by atoms with Crippen molar-refractivity contribution in [3.8, 4) is 0 Å². The molecule has 1 unspecified atom stereocenters. The molecule has 0 saturated carbocycles. The molecule has 1 saturated heterocycles. The summed E-state index contributed by atoms with van der Waals surface area (Å²) in [5, 5.41) is 11.7. The first kappa shape index (κ1) is 15.1. The van der Waals surface area contributed by atoms with Crippen LogP contribution in [0.4, 0.5) is 5.69 Å². The van der Waals surface area contributed by atoms with Crippen molar-refractivity contribution >= 4 is 27.5 Å². The van der Waals surface area contributed by atoms with Gasteiger partial charge in [0.05, 0.1) is 11.8 Å². The van der Waals surface area contributed by atoms with Gasteiger partial charge in [0.2, 0.25) is 0 Å². The molecule has 1 aliphatic rings. The van der Waals surface area contributed by atoms with E-state index in [0.29, 0.717) is 11.7 Å². The standard InChI is InChI=1S/C14H20BrN3O2/c1-2-20-11-4-3-7-18(9-11)13-6-5-10(8-12(13)15)14(16)17-19/h5-6,8,11,19H,2-4,7,9H2,1H3,(H2,16,17). The van der Waals surface area contributed by atoms with E-state index in [0.717, 1.165) is 42.7 Å². The normalized spacial score (nSPS) is 20.2. The second-order valence-corrected chi connectivity index (χ2v) is 5.67. The molecule has 0 amide bonds. The van der Waals surface area contributed by atoms with Gasteiger partial charge in [-0.25, -0.2) is 0 Å². The SMILES string of the molecule is CCOC1CCCN(c2ccc(/C(N)=N/O)cc2Br)C1. The van der Waals surface area contributed by atoms with Crippen LogP contribution in [0, 0.1) is 0 Å². The van der Waals surface area contributed by atoms with Gasteiger partial charge < -0.3 is 20.6 Å². The third kappa shape index (κ3) is 3.43. The Morgan fingerprint density at radius 3 is 3.05 bits per heavy atom. The maximum Gasteiger partial charge on any atom is 0.170 e. The highest BCUT2D eigenvalue weighted by atomic mass is 79.9. The van der Waals surface area contributed by atoms with Crippen molar-refractivity contribution in [2.45, 2.75) is 25.9 Å². The number of ether oxygens (including phenoxy) is 1. The fourth-order valence-corrected chi connectivity index (χ4v) is 3.14. The number of amidine groups is 1. The Kier molecular flexibility index (Phi) is 5.25. The first-order valence-corrected chi connectivity index (χ1v) is 7.59. The van der Waals surface area contributed by atoms with Gasteiger partial charge in [-0.1, -0.05) is 5.16 Å². The van der Waals surface area contributed by atoms with E-state index in [-0.39, 0.29) is 5.84 Å². The van der Waals surface area contributed by atoms with E-state index in [4.69, 9.17) is 15.7 Å². The van der Waals surface area contributed by atoms with Gasteiger partial charge in [-0.2, -0.15) is 0 Å². The Morgan fingerprint density at radius 2 is 2.40 bits per heavy atom. The van der Waals surface area contributed by atoms with Crippen molar-refractivity contribution in [3.05, 3.63) is 28.2 Å². The van der Waals surface area contributed by atoms with Crippen LogP contribution in [-0.4, -0.2) is 36.8 Å². The van der Waals surface area contributed by atoms with Crippen molar-refractivity contribution in [1.82, 2.24) is 0 Å². The Balaban J connectivity index is 2.16. The minimum atomic E-state index is 0.114. The van der Waals surface area contributed by atoms with Crippen LogP contribution < -0.4 is 10.6 Å². The van der Waals surface area contributed by atoms with E-state index in [2.05, 4.69) is 26.0 Å². The zero-order valence-electron chi connectivity index (χ0n) is 11.6. The van der Waals surface area contributed by atoms with E-state index >= 15 is 0 Å². The van der Waals surface area contributed by atoms with Crippen molar-refractivity contribution in [2.24, 2.45) is 10.9 Å². The number of hydrogen-bond acceptors (Lipinski definition) is 4. The van der Waals surface area contributed by atoms with Gasteiger partial charge in [0, 0.05) is 29.7 Å². The molecule has 1 aromatic carbocycles. The molecule has 5 nitrogen and oxygen atoms in total. The highest BCUT2D eigenvalue weighted by molar-refractivity contribution is 9.10. The molecule has 0 aromatic heterocycles. The molecule has 0 aliphatic carbocycles. The number of nitrogens with two attached hydrogens (primary N) is 1. The maximum absolute atomic E-state index is 8.71. The fraction of sp³-hybridized carbons (Fsp3) is 0.500. The molecule has 0 bridgehead atoms. The molecule has 6 heteroatoms. The number of anilines is 1. The number of piperidine rings is 1. The average Bonchev–Trinajstić information content (AvgIpc) is 2.47. The zero-order valence-corrected chi connectivity index (χ0v) is 13.1. The summed E-state index contributed by atoms with van der Waals surface area (Å²) in [5.41, 5.74) is 7.41. The summed E-state index contributed by atoms with van der Waals surface area (Å²) in [6.45, 7) is 4.70. The molecule has 2 rings (SSSR count). The largest absolute Gasteiger partial charge is 0.409 e.